The Balaban J connectivity index is 1.70. The van der Waals surface area contributed by atoms with Crippen LogP contribution in [0.3, 0.4) is 0 Å². The van der Waals surface area contributed by atoms with E-state index >= 15 is 0 Å². The molecule has 0 saturated carbocycles. The van der Waals surface area contributed by atoms with E-state index in [1.54, 1.807) is 0 Å². The van der Waals surface area contributed by atoms with E-state index in [0.717, 1.165) is 17.9 Å². The molecule has 9 heteroatoms. The van der Waals surface area contributed by atoms with Gasteiger partial charge in [0, 0.05) is 18.8 Å². The van der Waals surface area contributed by atoms with Crippen LogP contribution < -0.4 is 0 Å². The van der Waals surface area contributed by atoms with Crippen molar-refractivity contribution < 1.29 is 38.0 Å². The molecule has 1 aliphatic heterocycles. The first kappa shape index (κ1) is 24.7. The molecule has 1 rings (SSSR count). The Hall–Kier alpha value is -1.36. The molecule has 0 unspecified atom stereocenters. The standard InChI is InChI=1S/C19H33NO8/c1-2-6-23-8-10-25-12-14-27-16-17-28-15-13-26-11-9-24-7-5-20-18(21)3-4-19(20)22/h3-4H,2,5-17H2,1H3. The zero-order valence-corrected chi connectivity index (χ0v) is 16.8. The highest BCUT2D eigenvalue weighted by Crippen LogP contribution is 2.02. The van der Waals surface area contributed by atoms with Crippen molar-refractivity contribution >= 4 is 11.8 Å². The van der Waals surface area contributed by atoms with Gasteiger partial charge in [0.25, 0.3) is 11.8 Å². The predicted octanol–water partition coefficient (Wildman–Crippen LogP) is 0.421. The van der Waals surface area contributed by atoms with Crippen LogP contribution in [0.2, 0.25) is 0 Å². The van der Waals surface area contributed by atoms with Crippen molar-refractivity contribution in [3.05, 3.63) is 12.2 Å². The Morgan fingerprint density at radius 1 is 0.571 bits per heavy atom. The largest absolute Gasteiger partial charge is 0.379 e. The van der Waals surface area contributed by atoms with Gasteiger partial charge in [-0.2, -0.15) is 0 Å². The van der Waals surface area contributed by atoms with Gasteiger partial charge >= 0.3 is 0 Å². The highest BCUT2D eigenvalue weighted by Gasteiger charge is 2.22. The predicted molar refractivity (Wildman–Crippen MR) is 101 cm³/mol. The SMILES string of the molecule is CCCOCCOCCOCCOCCOCCOCCN1C(=O)C=CC1=O. The molecule has 0 aromatic carbocycles. The summed E-state index contributed by atoms with van der Waals surface area (Å²) in [6, 6.07) is 0. The van der Waals surface area contributed by atoms with Gasteiger partial charge in [-0.05, 0) is 6.42 Å². The summed E-state index contributed by atoms with van der Waals surface area (Å²) in [5, 5.41) is 0. The molecule has 0 aliphatic carbocycles. The third-order valence-corrected chi connectivity index (χ3v) is 3.57. The molecule has 0 atom stereocenters. The maximum Gasteiger partial charge on any atom is 0.253 e. The summed E-state index contributed by atoms with van der Waals surface area (Å²) in [5.74, 6) is -0.592. The van der Waals surface area contributed by atoms with E-state index in [0.29, 0.717) is 72.7 Å². The van der Waals surface area contributed by atoms with E-state index in [9.17, 15) is 9.59 Å². The minimum absolute atomic E-state index is 0.255. The van der Waals surface area contributed by atoms with Gasteiger partial charge in [-0.25, -0.2) is 0 Å². The fourth-order valence-electron chi connectivity index (χ4n) is 2.15. The van der Waals surface area contributed by atoms with Gasteiger partial charge in [-0.1, -0.05) is 6.92 Å². The monoisotopic (exact) mass is 403 g/mol. The molecular formula is C19H33NO8. The van der Waals surface area contributed by atoms with Crippen LogP contribution in [-0.2, 0) is 38.0 Å². The van der Waals surface area contributed by atoms with E-state index in [4.69, 9.17) is 28.4 Å². The van der Waals surface area contributed by atoms with E-state index in [2.05, 4.69) is 6.92 Å². The van der Waals surface area contributed by atoms with Gasteiger partial charge < -0.3 is 28.4 Å². The summed E-state index contributed by atoms with van der Waals surface area (Å²) < 4.78 is 32.1. The van der Waals surface area contributed by atoms with Crippen molar-refractivity contribution in [2.75, 3.05) is 85.8 Å². The Bertz CT molecular complexity index is 426. The molecule has 28 heavy (non-hydrogen) atoms. The lowest BCUT2D eigenvalue weighted by molar-refractivity contribution is -0.137. The Morgan fingerprint density at radius 3 is 1.25 bits per heavy atom. The smallest absolute Gasteiger partial charge is 0.253 e. The van der Waals surface area contributed by atoms with Crippen LogP contribution in [0.4, 0.5) is 0 Å². The molecule has 0 N–H and O–H groups in total. The maximum absolute atomic E-state index is 11.3. The molecule has 0 spiro atoms. The lowest BCUT2D eigenvalue weighted by Gasteiger charge is -2.13. The van der Waals surface area contributed by atoms with Gasteiger partial charge in [0.15, 0.2) is 0 Å². The van der Waals surface area contributed by atoms with Crippen LogP contribution in [0.25, 0.3) is 0 Å². The molecule has 0 radical (unpaired) electrons. The third-order valence-electron chi connectivity index (χ3n) is 3.57. The van der Waals surface area contributed by atoms with Crippen LogP contribution in [0.1, 0.15) is 13.3 Å². The molecule has 0 saturated heterocycles. The number of nitrogens with zero attached hydrogens (tertiary/aromatic N) is 1. The molecular weight excluding hydrogens is 370 g/mol. The van der Waals surface area contributed by atoms with Crippen molar-refractivity contribution in [3.8, 4) is 0 Å². The molecule has 1 heterocycles. The van der Waals surface area contributed by atoms with Crippen molar-refractivity contribution in [2.24, 2.45) is 0 Å². The Kier molecular flexibility index (Phi) is 15.6. The van der Waals surface area contributed by atoms with Crippen molar-refractivity contribution in [1.82, 2.24) is 4.90 Å². The average molecular weight is 403 g/mol. The topological polar surface area (TPSA) is 92.8 Å². The summed E-state index contributed by atoms with van der Waals surface area (Å²) in [6.45, 7) is 8.50. The number of carbonyl (C=O) groups is 2. The first-order chi connectivity index (χ1) is 13.8. The number of rotatable bonds is 20. The van der Waals surface area contributed by atoms with E-state index in [1.807, 2.05) is 0 Å². The lowest BCUT2D eigenvalue weighted by Crippen LogP contribution is -2.33. The minimum atomic E-state index is -0.296. The average Bonchev–Trinajstić information content (AvgIpc) is 3.01. The van der Waals surface area contributed by atoms with Crippen LogP contribution in [0.15, 0.2) is 12.2 Å². The number of carbonyl (C=O) groups excluding carboxylic acids is 2. The Labute approximate surface area is 166 Å². The van der Waals surface area contributed by atoms with Crippen LogP contribution in [-0.4, -0.2) is 103 Å². The fourth-order valence-corrected chi connectivity index (χ4v) is 2.15. The first-order valence-electron chi connectivity index (χ1n) is 9.75. The third kappa shape index (κ3) is 12.9. The summed E-state index contributed by atoms with van der Waals surface area (Å²) >= 11 is 0. The quantitative estimate of drug-likeness (QED) is 0.213. The number of ether oxygens (including phenoxy) is 6. The van der Waals surface area contributed by atoms with Crippen molar-refractivity contribution in [2.45, 2.75) is 13.3 Å². The minimum Gasteiger partial charge on any atom is -0.379 e. The summed E-state index contributed by atoms with van der Waals surface area (Å²) in [6.07, 6.45) is 3.54. The van der Waals surface area contributed by atoms with Gasteiger partial charge in [0.2, 0.25) is 0 Å². The van der Waals surface area contributed by atoms with E-state index in [-0.39, 0.29) is 18.4 Å². The number of amides is 2. The molecule has 2 amide bonds. The second-order valence-electron chi connectivity index (χ2n) is 5.84. The number of hydrogen-bond acceptors (Lipinski definition) is 8. The highest BCUT2D eigenvalue weighted by atomic mass is 16.6. The molecule has 0 aromatic heterocycles. The molecule has 0 aromatic rings. The zero-order chi connectivity index (χ0) is 20.3. The van der Waals surface area contributed by atoms with Crippen molar-refractivity contribution in [1.29, 1.82) is 0 Å². The fraction of sp³-hybridized carbons (Fsp3) is 0.789. The summed E-state index contributed by atoms with van der Waals surface area (Å²) in [4.78, 5) is 23.8. The number of hydrogen-bond donors (Lipinski definition) is 0. The summed E-state index contributed by atoms with van der Waals surface area (Å²) in [7, 11) is 0. The lowest BCUT2D eigenvalue weighted by atomic mass is 10.5. The van der Waals surface area contributed by atoms with Crippen molar-refractivity contribution in [3.63, 3.8) is 0 Å². The summed E-state index contributed by atoms with van der Waals surface area (Å²) in [5.41, 5.74) is 0. The zero-order valence-electron chi connectivity index (χ0n) is 16.8. The maximum atomic E-state index is 11.3. The second kappa shape index (κ2) is 17.7. The van der Waals surface area contributed by atoms with Crippen LogP contribution in [0, 0.1) is 0 Å². The van der Waals surface area contributed by atoms with Gasteiger partial charge in [-0.15, -0.1) is 0 Å². The molecule has 1 aliphatic rings. The van der Waals surface area contributed by atoms with Crippen LogP contribution >= 0.6 is 0 Å². The second-order valence-corrected chi connectivity index (χ2v) is 5.84. The number of imide groups is 1. The molecule has 9 nitrogen and oxygen atoms in total. The first-order valence-corrected chi connectivity index (χ1v) is 9.75. The van der Waals surface area contributed by atoms with Gasteiger partial charge in [0.1, 0.15) is 0 Å². The van der Waals surface area contributed by atoms with E-state index < -0.39 is 0 Å². The Morgan fingerprint density at radius 2 is 0.893 bits per heavy atom. The normalized spacial score (nSPS) is 13.8. The molecule has 0 fully saturated rings. The van der Waals surface area contributed by atoms with Crippen LogP contribution in [0.5, 0.6) is 0 Å². The highest BCUT2D eigenvalue weighted by molar-refractivity contribution is 6.12. The van der Waals surface area contributed by atoms with Gasteiger partial charge in [0.05, 0.1) is 79.2 Å². The molecule has 0 bridgehead atoms. The van der Waals surface area contributed by atoms with Gasteiger partial charge in [-0.3, -0.25) is 14.5 Å². The molecule has 162 valence electrons. The van der Waals surface area contributed by atoms with E-state index in [1.165, 1.54) is 12.2 Å².